The van der Waals surface area contributed by atoms with Crippen molar-refractivity contribution < 1.29 is 23.5 Å². The fraction of sp³-hybridized carbons (Fsp3) is 0.321. The van der Waals surface area contributed by atoms with Crippen LogP contribution in [0.1, 0.15) is 43.2 Å². The van der Waals surface area contributed by atoms with Crippen molar-refractivity contribution in [2.24, 2.45) is 7.05 Å². The SMILES string of the molecule is Cn1cc(C(=O)NNC(=O)Nc2c3n(c4ccccc24)CCC(NC(=O)OC(C)(C)C)C3)c2cc(F)ccc21. The van der Waals surface area contributed by atoms with Crippen molar-refractivity contribution in [3.8, 4) is 0 Å². The van der Waals surface area contributed by atoms with E-state index in [-0.39, 0.29) is 11.6 Å². The van der Waals surface area contributed by atoms with E-state index in [0.717, 1.165) is 16.6 Å². The Kier molecular flexibility index (Phi) is 6.67. The number of urea groups is 1. The number of carbonyl (C=O) groups is 3. The first-order valence-corrected chi connectivity index (χ1v) is 12.7. The number of rotatable bonds is 3. The zero-order valence-corrected chi connectivity index (χ0v) is 22.2. The number of hydrazine groups is 1. The van der Waals surface area contributed by atoms with Crippen molar-refractivity contribution in [2.45, 2.75) is 51.8 Å². The Morgan fingerprint density at radius 3 is 2.56 bits per heavy atom. The predicted molar refractivity (Wildman–Crippen MR) is 146 cm³/mol. The summed E-state index contributed by atoms with van der Waals surface area (Å²) >= 11 is 0. The number of hydrogen-bond acceptors (Lipinski definition) is 4. The molecule has 3 heterocycles. The van der Waals surface area contributed by atoms with Gasteiger partial charge >= 0.3 is 12.1 Å². The standard InChI is InChI=1S/C28H31FN6O4/c1-28(2,3)39-27(38)30-17-11-12-35-22-8-6-5-7-18(22)24(23(35)14-17)31-26(37)33-32-25(36)20-15-34(4)21-10-9-16(29)13-19(20)21/h5-10,13,15,17H,11-12,14H2,1-4H3,(H,30,38)(H,32,36)(H2,31,33,37). The number of carbonyl (C=O) groups excluding carboxylic acids is 3. The molecular weight excluding hydrogens is 503 g/mol. The number of hydrogen-bond donors (Lipinski definition) is 4. The smallest absolute Gasteiger partial charge is 0.407 e. The summed E-state index contributed by atoms with van der Waals surface area (Å²) in [5.74, 6) is -1.04. The zero-order valence-electron chi connectivity index (χ0n) is 22.2. The van der Waals surface area contributed by atoms with Gasteiger partial charge in [0.1, 0.15) is 11.4 Å². The van der Waals surface area contributed by atoms with Gasteiger partial charge in [-0.1, -0.05) is 18.2 Å². The summed E-state index contributed by atoms with van der Waals surface area (Å²) in [6.07, 6.45) is 2.28. The van der Waals surface area contributed by atoms with Crippen molar-refractivity contribution in [3.05, 3.63) is 65.7 Å². The van der Waals surface area contributed by atoms with Gasteiger partial charge in [-0.25, -0.2) is 19.4 Å². The first kappa shape index (κ1) is 26.1. The molecule has 1 aliphatic rings. The molecule has 10 nitrogen and oxygen atoms in total. The molecule has 0 fully saturated rings. The van der Waals surface area contributed by atoms with E-state index in [1.54, 1.807) is 23.9 Å². The molecule has 4 amide bonds. The minimum Gasteiger partial charge on any atom is -0.444 e. The van der Waals surface area contributed by atoms with Crippen molar-refractivity contribution in [1.82, 2.24) is 25.3 Å². The maximum atomic E-state index is 13.8. The van der Waals surface area contributed by atoms with Gasteiger partial charge in [-0.05, 0) is 51.5 Å². The molecule has 39 heavy (non-hydrogen) atoms. The number of nitrogens with zero attached hydrogens (tertiary/aromatic N) is 2. The summed E-state index contributed by atoms with van der Waals surface area (Å²) < 4.78 is 23.0. The first-order valence-electron chi connectivity index (χ1n) is 12.7. The third kappa shape index (κ3) is 5.38. The van der Waals surface area contributed by atoms with Crippen LogP contribution in [-0.2, 0) is 24.8 Å². The molecule has 0 saturated heterocycles. The van der Waals surface area contributed by atoms with Gasteiger partial charge in [0.2, 0.25) is 0 Å². The second-order valence-electron chi connectivity index (χ2n) is 10.7. The van der Waals surface area contributed by atoms with E-state index >= 15 is 0 Å². The number of anilines is 1. The molecule has 0 spiro atoms. The number of fused-ring (bicyclic) bond motifs is 4. The Hall–Kier alpha value is -4.54. The quantitative estimate of drug-likeness (QED) is 0.288. The number of aryl methyl sites for hydroxylation is 2. The van der Waals surface area contributed by atoms with E-state index in [9.17, 15) is 18.8 Å². The molecule has 0 bridgehead atoms. The van der Waals surface area contributed by atoms with Crippen LogP contribution in [0.5, 0.6) is 0 Å². The van der Waals surface area contributed by atoms with Gasteiger partial charge in [0.05, 0.1) is 16.8 Å². The van der Waals surface area contributed by atoms with Crippen molar-refractivity contribution in [3.63, 3.8) is 0 Å². The molecular formula is C28H31FN6O4. The molecule has 11 heteroatoms. The Morgan fingerprint density at radius 1 is 1.03 bits per heavy atom. The lowest BCUT2D eigenvalue weighted by molar-refractivity contribution is 0.0497. The number of benzene rings is 2. The summed E-state index contributed by atoms with van der Waals surface area (Å²) in [7, 11) is 1.75. The monoisotopic (exact) mass is 534 g/mol. The van der Waals surface area contributed by atoms with Gasteiger partial charge < -0.3 is 24.5 Å². The van der Waals surface area contributed by atoms with E-state index in [2.05, 4.69) is 26.1 Å². The molecule has 2 aromatic heterocycles. The molecule has 1 atom stereocenters. The largest absolute Gasteiger partial charge is 0.444 e. The summed E-state index contributed by atoms with van der Waals surface area (Å²) in [4.78, 5) is 38.1. The molecule has 2 aromatic carbocycles. The average molecular weight is 535 g/mol. The third-order valence-electron chi connectivity index (χ3n) is 6.66. The van der Waals surface area contributed by atoms with Crippen LogP contribution in [0, 0.1) is 5.82 Å². The summed E-state index contributed by atoms with van der Waals surface area (Å²) in [6, 6.07) is 11.1. The lowest BCUT2D eigenvalue weighted by atomic mass is 10.0. The number of aromatic nitrogens is 2. The topological polar surface area (TPSA) is 118 Å². The van der Waals surface area contributed by atoms with Crippen molar-refractivity contribution in [2.75, 3.05) is 5.32 Å². The minimum atomic E-state index is -0.642. The van der Waals surface area contributed by atoms with Crippen molar-refractivity contribution in [1.29, 1.82) is 0 Å². The van der Waals surface area contributed by atoms with Gasteiger partial charge in [-0.15, -0.1) is 0 Å². The number of amides is 4. The molecule has 4 aromatic rings. The molecule has 0 saturated carbocycles. The molecule has 5 rings (SSSR count). The first-order chi connectivity index (χ1) is 18.5. The number of halogens is 1. The predicted octanol–water partition coefficient (Wildman–Crippen LogP) is 4.58. The lowest BCUT2D eigenvalue weighted by Gasteiger charge is -2.28. The Labute approximate surface area is 224 Å². The number of para-hydroxylation sites is 1. The van der Waals surface area contributed by atoms with Crippen LogP contribution < -0.4 is 21.5 Å². The van der Waals surface area contributed by atoms with E-state index in [1.807, 2.05) is 45.0 Å². The second kappa shape index (κ2) is 9.97. The summed E-state index contributed by atoms with van der Waals surface area (Å²) in [5.41, 5.74) is 7.52. The minimum absolute atomic E-state index is 0.174. The fourth-order valence-electron chi connectivity index (χ4n) is 5.05. The third-order valence-corrected chi connectivity index (χ3v) is 6.66. The number of alkyl carbamates (subject to hydrolysis) is 1. The molecule has 1 unspecified atom stereocenters. The van der Waals surface area contributed by atoms with Crippen LogP contribution in [0.3, 0.4) is 0 Å². The normalized spacial score (nSPS) is 15.1. The highest BCUT2D eigenvalue weighted by Crippen LogP contribution is 2.35. The maximum absolute atomic E-state index is 13.8. The highest BCUT2D eigenvalue weighted by Gasteiger charge is 2.28. The molecule has 4 N–H and O–H groups in total. The summed E-state index contributed by atoms with van der Waals surface area (Å²) in [6.45, 7) is 6.07. The van der Waals surface area contributed by atoms with Crippen LogP contribution in [0.4, 0.5) is 19.7 Å². The van der Waals surface area contributed by atoms with E-state index in [0.29, 0.717) is 36.0 Å². The van der Waals surface area contributed by atoms with Crippen LogP contribution in [0.2, 0.25) is 0 Å². The average Bonchev–Trinajstić information content (AvgIpc) is 3.35. The second-order valence-corrected chi connectivity index (χ2v) is 10.7. The molecule has 0 radical (unpaired) electrons. The van der Waals surface area contributed by atoms with E-state index in [1.165, 1.54) is 12.1 Å². The van der Waals surface area contributed by atoms with Crippen LogP contribution in [0.25, 0.3) is 21.8 Å². The van der Waals surface area contributed by atoms with Crippen LogP contribution >= 0.6 is 0 Å². The van der Waals surface area contributed by atoms with Crippen molar-refractivity contribution >= 4 is 45.5 Å². The van der Waals surface area contributed by atoms with Gasteiger partial charge in [0, 0.05) is 54.2 Å². The molecule has 204 valence electrons. The zero-order chi connectivity index (χ0) is 27.9. The maximum Gasteiger partial charge on any atom is 0.407 e. The van der Waals surface area contributed by atoms with Gasteiger partial charge in [0.25, 0.3) is 5.91 Å². The lowest BCUT2D eigenvalue weighted by Crippen LogP contribution is -2.44. The molecule has 1 aliphatic heterocycles. The highest BCUT2D eigenvalue weighted by molar-refractivity contribution is 6.08. The van der Waals surface area contributed by atoms with Gasteiger partial charge in [0.15, 0.2) is 0 Å². The molecule has 0 aliphatic carbocycles. The Morgan fingerprint density at radius 2 is 1.79 bits per heavy atom. The Bertz CT molecular complexity index is 1600. The van der Waals surface area contributed by atoms with E-state index < -0.39 is 29.4 Å². The van der Waals surface area contributed by atoms with Gasteiger partial charge in [-0.2, -0.15) is 0 Å². The number of nitrogens with one attached hydrogen (secondary N) is 4. The Balaban J connectivity index is 1.32. The highest BCUT2D eigenvalue weighted by atomic mass is 19.1. The van der Waals surface area contributed by atoms with E-state index in [4.69, 9.17) is 4.74 Å². The van der Waals surface area contributed by atoms with Crippen LogP contribution in [0.15, 0.2) is 48.7 Å². The summed E-state index contributed by atoms with van der Waals surface area (Å²) in [5, 5.41) is 7.08. The van der Waals surface area contributed by atoms with Gasteiger partial charge in [-0.3, -0.25) is 10.2 Å². The van der Waals surface area contributed by atoms with Crippen LogP contribution in [-0.4, -0.2) is 38.8 Å². The number of ether oxygens (including phenoxy) is 1. The fourth-order valence-corrected chi connectivity index (χ4v) is 5.05.